The fourth-order valence-electron chi connectivity index (χ4n) is 0.351. The molecule has 0 aromatic carbocycles. The highest BCUT2D eigenvalue weighted by Crippen LogP contribution is 1.79. The summed E-state index contributed by atoms with van der Waals surface area (Å²) in [6.07, 6.45) is -0.545. The molecule has 62 valence electrons. The number of nitrogens with one attached hydrogen (secondary N) is 1. The molecule has 0 aromatic heterocycles. The topological polar surface area (TPSA) is 78.8 Å². The molecule has 2 N–H and O–H groups in total. The van der Waals surface area contributed by atoms with E-state index in [1.165, 1.54) is 0 Å². The van der Waals surface area contributed by atoms with E-state index in [2.05, 4.69) is 10.5 Å². The largest absolute Gasteiger partial charge is 0.481 e. The van der Waals surface area contributed by atoms with Gasteiger partial charge in [-0.05, 0) is 13.8 Å². The first-order chi connectivity index (χ1) is 5.02. The molecule has 0 radical (unpaired) electrons. The van der Waals surface area contributed by atoms with E-state index in [1.54, 1.807) is 13.8 Å². The molecular formula is C6H10N2O3. The van der Waals surface area contributed by atoms with Crippen LogP contribution in [0.1, 0.15) is 20.3 Å². The highest BCUT2D eigenvalue weighted by molar-refractivity contribution is 5.93. The van der Waals surface area contributed by atoms with Gasteiger partial charge in [-0.2, -0.15) is 5.10 Å². The second kappa shape index (κ2) is 4.43. The minimum atomic E-state index is -1.16. The second-order valence-corrected chi connectivity index (χ2v) is 2.16. The lowest BCUT2D eigenvalue weighted by Crippen LogP contribution is -2.21. The third kappa shape index (κ3) is 6.50. The van der Waals surface area contributed by atoms with Gasteiger partial charge in [-0.3, -0.25) is 9.59 Å². The third-order valence-corrected chi connectivity index (χ3v) is 0.716. The zero-order valence-corrected chi connectivity index (χ0v) is 6.42. The first-order valence-corrected chi connectivity index (χ1v) is 3.04. The van der Waals surface area contributed by atoms with E-state index in [1.807, 2.05) is 0 Å². The summed E-state index contributed by atoms with van der Waals surface area (Å²) in [6, 6.07) is 0. The number of hydrogen-bond donors (Lipinski definition) is 2. The summed E-state index contributed by atoms with van der Waals surface area (Å²) in [6.45, 7) is 3.39. The van der Waals surface area contributed by atoms with E-state index < -0.39 is 18.3 Å². The van der Waals surface area contributed by atoms with Crippen molar-refractivity contribution in [3.05, 3.63) is 0 Å². The lowest BCUT2D eigenvalue weighted by atomic mass is 10.4. The molecule has 0 atom stereocenters. The second-order valence-electron chi connectivity index (χ2n) is 2.16. The molecule has 11 heavy (non-hydrogen) atoms. The number of hydrazone groups is 1. The van der Waals surface area contributed by atoms with E-state index in [-0.39, 0.29) is 0 Å². The molecule has 0 saturated heterocycles. The molecule has 0 unspecified atom stereocenters. The summed E-state index contributed by atoms with van der Waals surface area (Å²) in [7, 11) is 0. The maximum absolute atomic E-state index is 10.6. The highest BCUT2D eigenvalue weighted by Gasteiger charge is 2.04. The molecule has 0 aliphatic carbocycles. The Morgan fingerprint density at radius 3 is 2.36 bits per heavy atom. The number of nitrogens with zero attached hydrogens (tertiary/aromatic N) is 1. The SMILES string of the molecule is CC(C)=NNC(=O)CC(=O)O. The van der Waals surface area contributed by atoms with Crippen molar-refractivity contribution in [2.24, 2.45) is 5.10 Å². The van der Waals surface area contributed by atoms with Gasteiger partial charge in [0.15, 0.2) is 0 Å². The Morgan fingerprint density at radius 1 is 1.45 bits per heavy atom. The van der Waals surface area contributed by atoms with Crippen LogP contribution in [0.3, 0.4) is 0 Å². The predicted octanol–water partition coefficient (Wildman–Crippen LogP) is -0.0269. The van der Waals surface area contributed by atoms with Gasteiger partial charge in [0.05, 0.1) is 0 Å². The van der Waals surface area contributed by atoms with Crippen LogP contribution in [0.5, 0.6) is 0 Å². The third-order valence-electron chi connectivity index (χ3n) is 0.716. The smallest absolute Gasteiger partial charge is 0.312 e. The van der Waals surface area contributed by atoms with Gasteiger partial charge in [-0.15, -0.1) is 0 Å². The van der Waals surface area contributed by atoms with Crippen LogP contribution in [-0.2, 0) is 9.59 Å². The minimum Gasteiger partial charge on any atom is -0.481 e. The Kier molecular flexibility index (Phi) is 3.87. The Labute approximate surface area is 64.1 Å². The fourth-order valence-corrected chi connectivity index (χ4v) is 0.351. The lowest BCUT2D eigenvalue weighted by Gasteiger charge is -1.95. The normalized spacial score (nSPS) is 8.55. The van der Waals surface area contributed by atoms with Gasteiger partial charge >= 0.3 is 5.97 Å². The zero-order chi connectivity index (χ0) is 8.85. The van der Waals surface area contributed by atoms with E-state index in [0.717, 1.165) is 0 Å². The maximum atomic E-state index is 10.6. The van der Waals surface area contributed by atoms with E-state index >= 15 is 0 Å². The number of carboxylic acids is 1. The number of rotatable bonds is 3. The van der Waals surface area contributed by atoms with Crippen LogP contribution >= 0.6 is 0 Å². The first kappa shape index (κ1) is 9.61. The number of aliphatic carboxylic acids is 1. The summed E-state index contributed by atoms with van der Waals surface area (Å²) in [4.78, 5) is 20.5. The van der Waals surface area contributed by atoms with Gasteiger partial charge in [-0.25, -0.2) is 5.43 Å². The fraction of sp³-hybridized carbons (Fsp3) is 0.500. The van der Waals surface area contributed by atoms with Crippen molar-refractivity contribution in [3.63, 3.8) is 0 Å². The van der Waals surface area contributed by atoms with Crippen LogP contribution in [0.25, 0.3) is 0 Å². The Morgan fingerprint density at radius 2 is 2.00 bits per heavy atom. The Bertz CT molecular complexity index is 194. The molecule has 5 nitrogen and oxygen atoms in total. The number of hydrogen-bond acceptors (Lipinski definition) is 3. The average molecular weight is 158 g/mol. The van der Waals surface area contributed by atoms with Crippen LogP contribution < -0.4 is 5.43 Å². The predicted molar refractivity (Wildman–Crippen MR) is 39.2 cm³/mol. The Balaban J connectivity index is 3.71. The summed E-state index contributed by atoms with van der Waals surface area (Å²) in [5.74, 6) is -1.77. The zero-order valence-electron chi connectivity index (χ0n) is 6.42. The van der Waals surface area contributed by atoms with Gasteiger partial charge < -0.3 is 5.11 Å². The number of amides is 1. The molecule has 0 rings (SSSR count). The van der Waals surface area contributed by atoms with Gasteiger partial charge in [-0.1, -0.05) is 0 Å². The molecule has 0 aliphatic heterocycles. The Hall–Kier alpha value is -1.39. The summed E-state index contributed by atoms with van der Waals surface area (Å²) in [5.41, 5.74) is 2.75. The monoisotopic (exact) mass is 158 g/mol. The van der Waals surface area contributed by atoms with Gasteiger partial charge in [0, 0.05) is 5.71 Å². The molecule has 0 fully saturated rings. The van der Waals surface area contributed by atoms with Crippen molar-refractivity contribution in [3.8, 4) is 0 Å². The van der Waals surface area contributed by atoms with E-state index in [4.69, 9.17) is 5.11 Å². The molecule has 0 heterocycles. The van der Waals surface area contributed by atoms with Crippen molar-refractivity contribution in [2.75, 3.05) is 0 Å². The molecular weight excluding hydrogens is 148 g/mol. The van der Waals surface area contributed by atoms with Crippen LogP contribution in [0.4, 0.5) is 0 Å². The van der Waals surface area contributed by atoms with Crippen molar-refractivity contribution in [2.45, 2.75) is 20.3 Å². The summed E-state index contributed by atoms with van der Waals surface area (Å²) < 4.78 is 0. The summed E-state index contributed by atoms with van der Waals surface area (Å²) in [5, 5.41) is 11.7. The number of carbonyl (C=O) groups is 2. The van der Waals surface area contributed by atoms with Crippen LogP contribution in [0, 0.1) is 0 Å². The van der Waals surface area contributed by atoms with Crippen LogP contribution in [0.2, 0.25) is 0 Å². The van der Waals surface area contributed by atoms with Gasteiger partial charge in [0.1, 0.15) is 6.42 Å². The molecule has 0 saturated carbocycles. The molecule has 0 aromatic rings. The average Bonchev–Trinajstić information content (AvgIpc) is 1.82. The van der Waals surface area contributed by atoms with E-state index in [0.29, 0.717) is 5.71 Å². The van der Waals surface area contributed by atoms with E-state index in [9.17, 15) is 9.59 Å². The van der Waals surface area contributed by atoms with Gasteiger partial charge in [0.25, 0.3) is 5.91 Å². The van der Waals surface area contributed by atoms with Crippen molar-refractivity contribution in [1.29, 1.82) is 0 Å². The molecule has 5 heteroatoms. The first-order valence-electron chi connectivity index (χ1n) is 3.04. The minimum absolute atomic E-state index is 0.545. The van der Waals surface area contributed by atoms with Crippen LogP contribution in [-0.4, -0.2) is 22.7 Å². The molecule has 0 aliphatic rings. The van der Waals surface area contributed by atoms with Crippen molar-refractivity contribution >= 4 is 17.6 Å². The quantitative estimate of drug-likeness (QED) is 0.344. The lowest BCUT2D eigenvalue weighted by molar-refractivity contribution is -0.140. The van der Waals surface area contributed by atoms with Crippen molar-refractivity contribution < 1.29 is 14.7 Å². The molecule has 0 bridgehead atoms. The van der Waals surface area contributed by atoms with Gasteiger partial charge in [0.2, 0.25) is 0 Å². The number of carbonyl (C=O) groups excluding carboxylic acids is 1. The van der Waals surface area contributed by atoms with Crippen molar-refractivity contribution in [1.82, 2.24) is 5.43 Å². The standard InChI is InChI=1S/C6H10N2O3/c1-4(2)7-8-5(9)3-6(10)11/h3H2,1-2H3,(H,8,9)(H,10,11). The summed E-state index contributed by atoms with van der Waals surface area (Å²) >= 11 is 0. The molecule has 1 amide bonds. The highest BCUT2D eigenvalue weighted by atomic mass is 16.4. The number of carboxylic acid groups (broad SMARTS) is 1. The maximum Gasteiger partial charge on any atom is 0.312 e. The van der Waals surface area contributed by atoms with Crippen LogP contribution in [0.15, 0.2) is 5.10 Å². The molecule has 0 spiro atoms.